The summed E-state index contributed by atoms with van der Waals surface area (Å²) in [4.78, 5) is 15.9. The van der Waals surface area contributed by atoms with Gasteiger partial charge in [0.1, 0.15) is 6.33 Å². The third-order valence-corrected chi connectivity index (χ3v) is 3.50. The van der Waals surface area contributed by atoms with Crippen LogP contribution in [0.3, 0.4) is 0 Å². The minimum atomic E-state index is -0.297. The third kappa shape index (κ3) is 3.24. The number of aromatic nitrogens is 3. The highest BCUT2D eigenvalue weighted by Gasteiger charge is 2.16. The number of nitrogens with one attached hydrogen (secondary N) is 2. The molecule has 1 aromatic heterocycles. The molecule has 94 valence electrons. The molecule has 0 fully saturated rings. The van der Waals surface area contributed by atoms with E-state index in [0.29, 0.717) is 15.9 Å². The first-order valence-corrected chi connectivity index (χ1v) is 6.50. The maximum absolute atomic E-state index is 11.9. The molecule has 18 heavy (non-hydrogen) atoms. The maximum Gasteiger partial charge on any atom is 0.237 e. The van der Waals surface area contributed by atoms with Crippen molar-refractivity contribution in [2.45, 2.75) is 17.3 Å². The van der Waals surface area contributed by atoms with Crippen LogP contribution < -0.4 is 5.32 Å². The number of rotatable bonds is 4. The second kappa shape index (κ2) is 5.88. The summed E-state index contributed by atoms with van der Waals surface area (Å²) in [5.41, 5.74) is 0.606. The van der Waals surface area contributed by atoms with Crippen molar-refractivity contribution in [3.63, 3.8) is 0 Å². The first-order valence-electron chi connectivity index (χ1n) is 5.24. The average molecular weight is 283 g/mol. The van der Waals surface area contributed by atoms with Crippen LogP contribution in [-0.2, 0) is 4.79 Å². The van der Waals surface area contributed by atoms with E-state index in [4.69, 9.17) is 11.6 Å². The van der Waals surface area contributed by atoms with Crippen LogP contribution in [0, 0.1) is 0 Å². The Labute approximate surface area is 113 Å². The van der Waals surface area contributed by atoms with Crippen LogP contribution in [0.4, 0.5) is 5.69 Å². The van der Waals surface area contributed by atoms with E-state index >= 15 is 0 Å². The lowest BCUT2D eigenvalue weighted by Crippen LogP contribution is -2.22. The van der Waals surface area contributed by atoms with Gasteiger partial charge in [-0.2, -0.15) is 5.10 Å². The van der Waals surface area contributed by atoms with Gasteiger partial charge in [0.2, 0.25) is 5.91 Å². The number of thioether (sulfide) groups is 1. The van der Waals surface area contributed by atoms with Crippen molar-refractivity contribution < 1.29 is 4.79 Å². The first kappa shape index (κ1) is 12.9. The second-order valence-corrected chi connectivity index (χ2v) is 5.26. The van der Waals surface area contributed by atoms with Crippen LogP contribution >= 0.6 is 23.4 Å². The highest BCUT2D eigenvalue weighted by molar-refractivity contribution is 8.00. The van der Waals surface area contributed by atoms with Crippen molar-refractivity contribution in [2.75, 3.05) is 5.32 Å². The summed E-state index contributed by atoms with van der Waals surface area (Å²) in [7, 11) is 0. The molecular weight excluding hydrogens is 272 g/mol. The number of para-hydroxylation sites is 1. The summed E-state index contributed by atoms with van der Waals surface area (Å²) in [5.74, 6) is -0.135. The Balaban J connectivity index is 1.98. The number of hydrogen-bond acceptors (Lipinski definition) is 4. The highest BCUT2D eigenvalue weighted by atomic mass is 35.5. The zero-order valence-electron chi connectivity index (χ0n) is 9.55. The van der Waals surface area contributed by atoms with Gasteiger partial charge in [-0.15, -0.1) is 0 Å². The number of carbonyl (C=O) groups excluding carboxylic acids is 1. The van der Waals surface area contributed by atoms with Gasteiger partial charge in [-0.05, 0) is 19.1 Å². The van der Waals surface area contributed by atoms with Crippen molar-refractivity contribution in [3.8, 4) is 0 Å². The Morgan fingerprint density at radius 3 is 2.94 bits per heavy atom. The summed E-state index contributed by atoms with van der Waals surface area (Å²) >= 11 is 7.26. The van der Waals surface area contributed by atoms with Crippen LogP contribution in [0.25, 0.3) is 0 Å². The standard InChI is InChI=1S/C11H11ClN4OS/c1-7(18-11-13-6-14-16-11)10(17)15-9-5-3-2-4-8(9)12/h2-7H,1H3,(H,15,17)(H,13,14,16)/t7-/m1/s1. The number of amides is 1. The molecule has 0 bridgehead atoms. The largest absolute Gasteiger partial charge is 0.324 e. The first-order chi connectivity index (χ1) is 8.66. The lowest BCUT2D eigenvalue weighted by atomic mass is 10.3. The molecule has 2 aromatic rings. The zero-order valence-corrected chi connectivity index (χ0v) is 11.1. The van der Waals surface area contributed by atoms with Gasteiger partial charge in [0.25, 0.3) is 0 Å². The Hall–Kier alpha value is -1.53. The molecule has 0 radical (unpaired) electrons. The summed E-state index contributed by atoms with van der Waals surface area (Å²) in [6.07, 6.45) is 1.40. The number of benzene rings is 1. The molecule has 0 aliphatic heterocycles. The molecule has 0 aliphatic carbocycles. The fourth-order valence-corrected chi connectivity index (χ4v) is 2.17. The normalized spacial score (nSPS) is 12.1. The van der Waals surface area contributed by atoms with Gasteiger partial charge < -0.3 is 5.32 Å². The molecule has 0 spiro atoms. The van der Waals surface area contributed by atoms with Gasteiger partial charge in [-0.3, -0.25) is 9.89 Å². The number of carbonyl (C=O) groups is 1. The molecule has 2 rings (SSSR count). The molecule has 0 aliphatic rings. The monoisotopic (exact) mass is 282 g/mol. The maximum atomic E-state index is 11.9. The van der Waals surface area contributed by atoms with Crippen LogP contribution in [0.15, 0.2) is 35.7 Å². The topological polar surface area (TPSA) is 70.7 Å². The lowest BCUT2D eigenvalue weighted by Gasteiger charge is -2.11. The number of aromatic amines is 1. The molecule has 1 aromatic carbocycles. The average Bonchev–Trinajstić information content (AvgIpc) is 2.84. The molecule has 0 unspecified atom stereocenters. The summed E-state index contributed by atoms with van der Waals surface area (Å²) in [5, 5.41) is 10.0. The minimum absolute atomic E-state index is 0.135. The van der Waals surface area contributed by atoms with E-state index < -0.39 is 0 Å². The molecule has 2 N–H and O–H groups in total. The SMILES string of the molecule is C[C@@H](Sc1ncn[nH]1)C(=O)Nc1ccccc1Cl. The van der Waals surface area contributed by atoms with Crippen molar-refractivity contribution >= 4 is 35.0 Å². The fraction of sp³-hybridized carbons (Fsp3) is 0.182. The van der Waals surface area contributed by atoms with Crippen molar-refractivity contribution in [2.24, 2.45) is 0 Å². The fourth-order valence-electron chi connectivity index (χ4n) is 1.27. The highest BCUT2D eigenvalue weighted by Crippen LogP contribution is 2.23. The molecule has 1 amide bonds. The smallest absolute Gasteiger partial charge is 0.237 e. The van der Waals surface area contributed by atoms with Crippen LogP contribution in [0.1, 0.15) is 6.92 Å². The molecule has 7 heteroatoms. The molecule has 1 atom stereocenters. The van der Waals surface area contributed by atoms with E-state index in [9.17, 15) is 4.79 Å². The second-order valence-electron chi connectivity index (χ2n) is 3.52. The van der Waals surface area contributed by atoms with Crippen LogP contribution in [-0.4, -0.2) is 26.3 Å². The Kier molecular flexibility index (Phi) is 4.22. The van der Waals surface area contributed by atoms with Gasteiger partial charge in [-0.1, -0.05) is 35.5 Å². The molecular formula is C11H11ClN4OS. The zero-order chi connectivity index (χ0) is 13.0. The number of H-pyrrole nitrogens is 1. The summed E-state index contributed by atoms with van der Waals surface area (Å²) < 4.78 is 0. The van der Waals surface area contributed by atoms with Gasteiger partial charge in [-0.25, -0.2) is 4.98 Å². The predicted molar refractivity (Wildman–Crippen MR) is 71.8 cm³/mol. The number of nitrogens with zero attached hydrogens (tertiary/aromatic N) is 2. The van der Waals surface area contributed by atoms with E-state index in [2.05, 4.69) is 20.5 Å². The van der Waals surface area contributed by atoms with E-state index in [1.807, 2.05) is 12.1 Å². The van der Waals surface area contributed by atoms with Gasteiger partial charge in [0, 0.05) is 0 Å². The van der Waals surface area contributed by atoms with Crippen LogP contribution in [0.2, 0.25) is 5.02 Å². The van der Waals surface area contributed by atoms with E-state index in [1.54, 1.807) is 19.1 Å². The summed E-state index contributed by atoms with van der Waals surface area (Å²) in [6, 6.07) is 7.11. The Bertz CT molecular complexity index is 532. The van der Waals surface area contributed by atoms with E-state index in [1.165, 1.54) is 18.1 Å². The predicted octanol–water partition coefficient (Wildman–Crippen LogP) is 2.58. The number of hydrogen-bond donors (Lipinski definition) is 2. The Morgan fingerprint density at radius 2 is 2.28 bits per heavy atom. The number of anilines is 1. The molecule has 0 saturated heterocycles. The quantitative estimate of drug-likeness (QED) is 0.846. The van der Waals surface area contributed by atoms with Crippen molar-refractivity contribution in [1.82, 2.24) is 15.2 Å². The van der Waals surface area contributed by atoms with E-state index in [-0.39, 0.29) is 11.2 Å². The van der Waals surface area contributed by atoms with Gasteiger partial charge >= 0.3 is 0 Å². The van der Waals surface area contributed by atoms with Crippen LogP contribution in [0.5, 0.6) is 0 Å². The molecule has 5 nitrogen and oxygen atoms in total. The van der Waals surface area contributed by atoms with Crippen molar-refractivity contribution in [1.29, 1.82) is 0 Å². The van der Waals surface area contributed by atoms with E-state index in [0.717, 1.165) is 0 Å². The van der Waals surface area contributed by atoms with Gasteiger partial charge in [0.15, 0.2) is 5.16 Å². The van der Waals surface area contributed by atoms with Crippen molar-refractivity contribution in [3.05, 3.63) is 35.6 Å². The molecule has 1 heterocycles. The Morgan fingerprint density at radius 1 is 1.50 bits per heavy atom. The minimum Gasteiger partial charge on any atom is -0.324 e. The van der Waals surface area contributed by atoms with Gasteiger partial charge in [0.05, 0.1) is 16.0 Å². The molecule has 0 saturated carbocycles. The summed E-state index contributed by atoms with van der Waals surface area (Å²) in [6.45, 7) is 1.79. The third-order valence-electron chi connectivity index (χ3n) is 2.18. The lowest BCUT2D eigenvalue weighted by molar-refractivity contribution is -0.115. The number of halogens is 1.